The number of furan rings is 1. The molecule has 1 N–H and O–H groups in total. The molecule has 4 fully saturated rings. The van der Waals surface area contributed by atoms with Crippen molar-refractivity contribution in [3.63, 3.8) is 0 Å². The highest BCUT2D eigenvalue weighted by Gasteiger charge is 2.51. The lowest BCUT2D eigenvalue weighted by Gasteiger charge is -2.57. The van der Waals surface area contributed by atoms with Crippen LogP contribution in [0, 0.1) is 17.8 Å². The van der Waals surface area contributed by atoms with E-state index in [1.807, 2.05) is 6.07 Å². The van der Waals surface area contributed by atoms with E-state index in [2.05, 4.69) is 5.32 Å². The fourth-order valence-corrected chi connectivity index (χ4v) is 7.08. The zero-order valence-corrected chi connectivity index (χ0v) is 20.5. The van der Waals surface area contributed by atoms with Crippen molar-refractivity contribution >= 4 is 16.1 Å². The van der Waals surface area contributed by atoms with Gasteiger partial charge in [0.1, 0.15) is 5.76 Å². The maximum atomic E-state index is 13.6. The fraction of sp³-hybridized carbons (Fsp3) is 0.560. The predicted octanol–water partition coefficient (Wildman–Crippen LogP) is 4.31. The van der Waals surface area contributed by atoms with Crippen LogP contribution in [0.5, 0.6) is 11.5 Å². The summed E-state index contributed by atoms with van der Waals surface area (Å²) >= 11 is 0. The minimum absolute atomic E-state index is 0.0990. The van der Waals surface area contributed by atoms with Gasteiger partial charge < -0.3 is 23.6 Å². The van der Waals surface area contributed by atoms with Crippen LogP contribution < -0.4 is 14.2 Å². The van der Waals surface area contributed by atoms with Gasteiger partial charge in [0.15, 0.2) is 11.5 Å². The Labute approximate surface area is 200 Å². The molecule has 2 amide bonds. The summed E-state index contributed by atoms with van der Waals surface area (Å²) in [6.07, 6.45) is 9.69. The van der Waals surface area contributed by atoms with Gasteiger partial charge in [0.2, 0.25) is 0 Å². The average molecular weight is 489 g/mol. The molecule has 0 aliphatic heterocycles. The summed E-state index contributed by atoms with van der Waals surface area (Å²) in [4.78, 5) is 15.3. The summed E-state index contributed by atoms with van der Waals surface area (Å²) < 4.78 is 39.3. The Kier molecular flexibility index (Phi) is 6.00. The second kappa shape index (κ2) is 8.83. The van der Waals surface area contributed by atoms with E-state index in [9.17, 15) is 13.2 Å². The molecule has 8 nitrogen and oxygen atoms in total. The third-order valence-corrected chi connectivity index (χ3v) is 7.95. The highest BCUT2D eigenvalue weighted by Crippen LogP contribution is 2.55. The van der Waals surface area contributed by atoms with Crippen molar-refractivity contribution in [2.24, 2.45) is 17.8 Å². The molecule has 0 radical (unpaired) electrons. The Balaban J connectivity index is 1.37. The number of amides is 2. The molecule has 0 unspecified atom stereocenters. The third kappa shape index (κ3) is 5.04. The number of carbonyl (C=O) groups excluding carboxylic acids is 1. The van der Waals surface area contributed by atoms with Gasteiger partial charge in [0.05, 0.1) is 26.2 Å². The van der Waals surface area contributed by atoms with E-state index in [0.717, 1.165) is 48.8 Å². The summed E-state index contributed by atoms with van der Waals surface area (Å²) in [5.74, 6) is 3.26. The molecule has 0 spiro atoms. The van der Waals surface area contributed by atoms with Crippen LogP contribution in [0.25, 0.3) is 0 Å². The Bertz CT molecular complexity index is 1110. The summed E-state index contributed by atoms with van der Waals surface area (Å²) in [6.45, 7) is 0.572. The normalized spacial score (nSPS) is 27.4. The first-order valence-electron chi connectivity index (χ1n) is 11.9. The van der Waals surface area contributed by atoms with Crippen molar-refractivity contribution < 1.29 is 26.5 Å². The molecule has 4 saturated carbocycles. The first-order chi connectivity index (χ1) is 16.2. The lowest BCUT2D eigenvalue weighted by molar-refractivity contribution is -0.0160. The molecule has 0 saturated heterocycles. The number of urea groups is 1. The van der Waals surface area contributed by atoms with E-state index >= 15 is 0 Å². The van der Waals surface area contributed by atoms with Gasteiger partial charge in [-0.2, -0.15) is 8.42 Å². The molecule has 4 aliphatic carbocycles. The summed E-state index contributed by atoms with van der Waals surface area (Å²) in [5, 5.41) is 3.43. The van der Waals surface area contributed by atoms with Gasteiger partial charge in [0.25, 0.3) is 0 Å². The van der Waals surface area contributed by atoms with Gasteiger partial charge in [-0.1, -0.05) is 6.07 Å². The molecule has 2 aromatic rings. The van der Waals surface area contributed by atoms with Crippen molar-refractivity contribution in [2.75, 3.05) is 13.4 Å². The van der Waals surface area contributed by atoms with E-state index in [4.69, 9.17) is 13.3 Å². The zero-order valence-electron chi connectivity index (χ0n) is 19.7. The standard InChI is InChI=1S/C25H32N2O6S/c1-31-22-6-5-17(11-23(22)33-34(2,29)30)15-27(16-21-4-3-7-32-21)24(28)26-25-12-18-8-19(13-25)10-20(9-18)14-25/h3-7,11,18-20H,8-10,12-16H2,1-2H3,(H,26,28). The molecule has 9 heteroatoms. The van der Waals surface area contributed by atoms with Crippen LogP contribution >= 0.6 is 0 Å². The van der Waals surface area contributed by atoms with E-state index in [-0.39, 0.29) is 23.9 Å². The number of ether oxygens (including phenoxy) is 1. The van der Waals surface area contributed by atoms with Crippen LogP contribution in [0.4, 0.5) is 4.79 Å². The second-order valence-electron chi connectivity index (χ2n) is 10.3. The number of carbonyl (C=O) groups is 1. The Morgan fingerprint density at radius 3 is 2.32 bits per heavy atom. The molecule has 34 heavy (non-hydrogen) atoms. The molecule has 184 valence electrons. The average Bonchev–Trinajstić information content (AvgIpc) is 3.24. The maximum absolute atomic E-state index is 13.6. The van der Waals surface area contributed by atoms with Gasteiger partial charge >= 0.3 is 16.1 Å². The number of hydrogen-bond acceptors (Lipinski definition) is 6. The minimum atomic E-state index is -3.73. The lowest BCUT2D eigenvalue weighted by Crippen LogP contribution is -2.61. The highest BCUT2D eigenvalue weighted by atomic mass is 32.2. The molecule has 0 atom stereocenters. The molecule has 1 aromatic heterocycles. The topological polar surface area (TPSA) is 98.1 Å². The minimum Gasteiger partial charge on any atom is -0.493 e. The largest absolute Gasteiger partial charge is 0.493 e. The molecular weight excluding hydrogens is 456 g/mol. The van der Waals surface area contributed by atoms with Crippen molar-refractivity contribution in [1.29, 1.82) is 0 Å². The number of hydrogen-bond donors (Lipinski definition) is 1. The van der Waals surface area contributed by atoms with Crippen LogP contribution in [-0.4, -0.2) is 38.3 Å². The number of rotatable bonds is 8. The van der Waals surface area contributed by atoms with Crippen molar-refractivity contribution in [2.45, 2.75) is 57.2 Å². The first-order valence-corrected chi connectivity index (χ1v) is 13.7. The van der Waals surface area contributed by atoms with Crippen molar-refractivity contribution in [3.8, 4) is 11.5 Å². The van der Waals surface area contributed by atoms with Crippen LogP contribution in [0.1, 0.15) is 49.8 Å². The second-order valence-corrected chi connectivity index (χ2v) is 11.9. The summed E-state index contributed by atoms with van der Waals surface area (Å²) in [6, 6.07) is 8.58. The number of nitrogens with zero attached hydrogens (tertiary/aromatic N) is 1. The molecule has 4 bridgehead atoms. The maximum Gasteiger partial charge on any atom is 0.318 e. The fourth-order valence-electron chi connectivity index (χ4n) is 6.63. The number of methoxy groups -OCH3 is 1. The highest BCUT2D eigenvalue weighted by molar-refractivity contribution is 7.86. The SMILES string of the molecule is COc1ccc(CN(Cc2ccco2)C(=O)NC23CC4CC(CC(C4)C2)C3)cc1OS(C)(=O)=O. The smallest absolute Gasteiger partial charge is 0.318 e. The zero-order chi connectivity index (χ0) is 23.9. The van der Waals surface area contributed by atoms with Gasteiger partial charge in [-0.3, -0.25) is 0 Å². The summed E-state index contributed by atoms with van der Waals surface area (Å²) in [5.41, 5.74) is 0.615. The molecule has 1 aromatic carbocycles. The van der Waals surface area contributed by atoms with Gasteiger partial charge in [-0.15, -0.1) is 0 Å². The van der Waals surface area contributed by atoms with Crippen molar-refractivity contribution in [3.05, 3.63) is 47.9 Å². The number of nitrogens with one attached hydrogen (secondary N) is 1. The lowest BCUT2D eigenvalue weighted by atomic mass is 9.53. The van der Waals surface area contributed by atoms with Crippen molar-refractivity contribution in [1.82, 2.24) is 10.2 Å². The number of benzene rings is 1. The third-order valence-electron chi connectivity index (χ3n) is 7.47. The van der Waals surface area contributed by atoms with Crippen LogP contribution in [0.3, 0.4) is 0 Å². The van der Waals surface area contributed by atoms with Gasteiger partial charge in [0, 0.05) is 12.1 Å². The molecule has 6 rings (SSSR count). The Hall–Kier alpha value is -2.68. The van der Waals surface area contributed by atoms with Gasteiger partial charge in [-0.25, -0.2) is 4.79 Å². The summed E-state index contributed by atoms with van der Waals surface area (Å²) in [7, 11) is -2.28. The molecular formula is C25H32N2O6S. The first kappa shape index (κ1) is 23.1. The van der Waals surface area contributed by atoms with Crippen LogP contribution in [0.2, 0.25) is 0 Å². The van der Waals surface area contributed by atoms with Gasteiger partial charge in [-0.05, 0) is 86.1 Å². The van der Waals surface area contributed by atoms with E-state index < -0.39 is 10.1 Å². The van der Waals surface area contributed by atoms with E-state index in [0.29, 0.717) is 18.1 Å². The van der Waals surface area contributed by atoms with E-state index in [1.54, 1.807) is 35.4 Å². The van der Waals surface area contributed by atoms with Crippen LogP contribution in [-0.2, 0) is 23.2 Å². The predicted molar refractivity (Wildman–Crippen MR) is 126 cm³/mol. The quantitative estimate of drug-likeness (QED) is 0.556. The van der Waals surface area contributed by atoms with E-state index in [1.165, 1.54) is 26.4 Å². The van der Waals surface area contributed by atoms with Crippen LogP contribution in [0.15, 0.2) is 41.0 Å². The Morgan fingerprint density at radius 1 is 1.09 bits per heavy atom. The molecule has 4 aliphatic rings. The molecule has 1 heterocycles. The monoisotopic (exact) mass is 488 g/mol. The Morgan fingerprint density at radius 2 is 1.76 bits per heavy atom.